The monoisotopic (exact) mass is 213 g/mol. The van der Waals surface area contributed by atoms with Gasteiger partial charge in [-0.25, -0.2) is 0 Å². The average molecular weight is 213 g/mol. The molecule has 0 saturated heterocycles. The van der Waals surface area contributed by atoms with Crippen molar-refractivity contribution in [1.29, 1.82) is 0 Å². The van der Waals surface area contributed by atoms with Gasteiger partial charge in [-0.15, -0.1) is 0 Å². The summed E-state index contributed by atoms with van der Waals surface area (Å²) in [5.74, 6) is 0. The van der Waals surface area contributed by atoms with Gasteiger partial charge in [0.2, 0.25) is 0 Å². The maximum absolute atomic E-state index is 10.2. The van der Waals surface area contributed by atoms with Gasteiger partial charge in [0.15, 0.2) is 5.57 Å². The largest absolute Gasteiger partial charge is 0.695 e. The molecule has 0 aliphatic rings. The second-order valence-electron chi connectivity index (χ2n) is 3.87. The molecule has 16 heavy (non-hydrogen) atoms. The first-order valence-corrected chi connectivity index (χ1v) is 6.01. The normalized spacial score (nSPS) is 11.0. The van der Waals surface area contributed by atoms with Gasteiger partial charge < -0.3 is 5.41 Å². The summed E-state index contributed by atoms with van der Waals surface area (Å²) in [5, 5.41) is 10.2. The van der Waals surface area contributed by atoms with Crippen LogP contribution in [0.5, 0.6) is 0 Å². The van der Waals surface area contributed by atoms with E-state index in [-0.39, 0.29) is 0 Å². The smallest absolute Gasteiger partial charge is 0.155 e. The zero-order valence-corrected chi connectivity index (χ0v) is 10.2. The third-order valence-corrected chi connectivity index (χ3v) is 2.42. The number of hydrogen-bond acceptors (Lipinski definition) is 0. The number of rotatable bonds is 6. The van der Waals surface area contributed by atoms with Crippen LogP contribution in [-0.4, -0.2) is 5.71 Å². The van der Waals surface area contributed by atoms with Crippen LogP contribution >= 0.6 is 0 Å². The van der Waals surface area contributed by atoms with E-state index in [4.69, 9.17) is 0 Å². The van der Waals surface area contributed by atoms with Gasteiger partial charge in [0.1, 0.15) is 0 Å². The Morgan fingerprint density at radius 1 is 1.12 bits per heavy atom. The van der Waals surface area contributed by atoms with E-state index in [0.29, 0.717) is 5.71 Å². The molecule has 0 aliphatic carbocycles. The van der Waals surface area contributed by atoms with Crippen molar-refractivity contribution in [2.45, 2.75) is 39.5 Å². The minimum Gasteiger partial charge on any atom is -0.695 e. The lowest BCUT2D eigenvalue weighted by Gasteiger charge is -2.05. The summed E-state index contributed by atoms with van der Waals surface area (Å²) < 4.78 is 0. The van der Waals surface area contributed by atoms with Gasteiger partial charge in [-0.1, -0.05) is 32.0 Å². The number of nitrogens with zero attached hydrogens (tertiary/aromatic N) is 1. The quantitative estimate of drug-likeness (QED) is 0.494. The van der Waals surface area contributed by atoms with E-state index >= 15 is 0 Å². The standard InChI is InChI=1S/C15H19N/c1-3-5-10-13(9-4-2)15(16)14-11-7-6-8-12-14/h6-8,11-12H,3-5,9H2,1-2H3. The Morgan fingerprint density at radius 3 is 2.38 bits per heavy atom. The van der Waals surface area contributed by atoms with Gasteiger partial charge in [0.05, 0.1) is 12.5 Å². The van der Waals surface area contributed by atoms with Crippen LogP contribution in [0.2, 0.25) is 0 Å². The maximum Gasteiger partial charge on any atom is 0.155 e. The summed E-state index contributed by atoms with van der Waals surface area (Å²) >= 11 is 0. The highest BCUT2D eigenvalue weighted by Crippen LogP contribution is 2.14. The number of allylic oxidation sites excluding steroid dienone is 2. The maximum atomic E-state index is 10.2. The van der Waals surface area contributed by atoms with Crippen LogP contribution in [-0.2, 0) is 0 Å². The Balaban J connectivity index is 2.83. The molecule has 0 atom stereocenters. The van der Waals surface area contributed by atoms with E-state index in [1.54, 1.807) is 0 Å². The van der Waals surface area contributed by atoms with Crippen LogP contribution in [0.25, 0.3) is 5.41 Å². The lowest BCUT2D eigenvalue weighted by atomic mass is 9.98. The van der Waals surface area contributed by atoms with Crippen molar-refractivity contribution < 1.29 is 0 Å². The molecule has 1 heteroatoms. The third-order valence-electron chi connectivity index (χ3n) is 2.42. The second-order valence-corrected chi connectivity index (χ2v) is 3.87. The molecule has 0 heterocycles. The zero-order valence-electron chi connectivity index (χ0n) is 10.2. The molecule has 0 amide bonds. The molecule has 1 aromatic rings. The highest BCUT2D eigenvalue weighted by Gasteiger charge is 2.11. The van der Waals surface area contributed by atoms with E-state index in [2.05, 4.69) is 19.9 Å². The minimum atomic E-state index is 0.385. The van der Waals surface area contributed by atoms with E-state index in [1.807, 2.05) is 30.3 Å². The van der Waals surface area contributed by atoms with Crippen LogP contribution < -0.4 is 0 Å². The van der Waals surface area contributed by atoms with Gasteiger partial charge in [-0.2, -0.15) is 0 Å². The first-order chi connectivity index (χ1) is 7.79. The summed E-state index contributed by atoms with van der Waals surface area (Å²) in [6.45, 7) is 4.24. The summed E-state index contributed by atoms with van der Waals surface area (Å²) in [7, 11) is 0. The summed E-state index contributed by atoms with van der Waals surface area (Å²) in [4.78, 5) is 0. The van der Waals surface area contributed by atoms with Crippen molar-refractivity contribution in [2.24, 2.45) is 0 Å². The SMILES string of the molecule is CCC[C+]=C(CCC)C(=[N-])c1ccccc1. The molecule has 0 bridgehead atoms. The van der Waals surface area contributed by atoms with Crippen molar-refractivity contribution in [1.82, 2.24) is 0 Å². The number of hydrogen-bond donors (Lipinski definition) is 0. The minimum absolute atomic E-state index is 0.385. The molecule has 0 N–H and O–H groups in total. The highest BCUT2D eigenvalue weighted by atomic mass is 14.4. The fourth-order valence-electron chi connectivity index (χ4n) is 1.59. The molecular weight excluding hydrogens is 194 g/mol. The molecule has 0 spiro atoms. The predicted octanol–water partition coefficient (Wildman–Crippen LogP) is 4.37. The fraction of sp³-hybridized carbons (Fsp3) is 0.400. The second kappa shape index (κ2) is 6.92. The van der Waals surface area contributed by atoms with Crippen molar-refractivity contribution in [2.75, 3.05) is 0 Å². The molecule has 0 saturated carbocycles. The number of benzene rings is 1. The van der Waals surface area contributed by atoms with Crippen molar-refractivity contribution in [3.8, 4) is 0 Å². The molecule has 0 aromatic heterocycles. The Bertz CT molecular complexity index is 349. The Kier molecular flexibility index (Phi) is 5.45. The van der Waals surface area contributed by atoms with Gasteiger partial charge in [-0.05, 0) is 25.0 Å². The molecule has 1 aromatic carbocycles. The zero-order chi connectivity index (χ0) is 11.8. The van der Waals surface area contributed by atoms with Crippen LogP contribution in [0.3, 0.4) is 0 Å². The molecule has 0 unspecified atom stereocenters. The van der Waals surface area contributed by atoms with E-state index in [1.165, 1.54) is 0 Å². The molecule has 1 nitrogen and oxygen atoms in total. The van der Waals surface area contributed by atoms with Crippen LogP contribution in [0.15, 0.2) is 35.9 Å². The summed E-state index contributed by atoms with van der Waals surface area (Å²) in [5.41, 5.74) is 2.22. The average Bonchev–Trinajstić information content (AvgIpc) is 2.35. The number of unbranched alkanes of at least 4 members (excludes halogenated alkanes) is 1. The third kappa shape index (κ3) is 3.60. The van der Waals surface area contributed by atoms with Crippen LogP contribution in [0, 0.1) is 6.08 Å². The fourth-order valence-corrected chi connectivity index (χ4v) is 1.59. The summed E-state index contributed by atoms with van der Waals surface area (Å²) in [6.07, 6.45) is 7.19. The molecule has 84 valence electrons. The lowest BCUT2D eigenvalue weighted by Crippen LogP contribution is -2.03. The lowest BCUT2D eigenvalue weighted by molar-refractivity contribution is 0.889. The van der Waals surface area contributed by atoms with E-state index in [9.17, 15) is 5.41 Å². The molecule has 0 aliphatic heterocycles. The summed E-state index contributed by atoms with van der Waals surface area (Å²) in [6, 6.07) is 9.69. The molecule has 0 radical (unpaired) electrons. The van der Waals surface area contributed by atoms with Crippen molar-refractivity contribution in [3.05, 3.63) is 53.0 Å². The van der Waals surface area contributed by atoms with Crippen LogP contribution in [0.1, 0.15) is 45.1 Å². The Hall–Kier alpha value is -1.46. The van der Waals surface area contributed by atoms with Crippen molar-refractivity contribution >= 4 is 5.71 Å². The first-order valence-electron chi connectivity index (χ1n) is 6.01. The highest BCUT2D eigenvalue weighted by molar-refractivity contribution is 6.14. The van der Waals surface area contributed by atoms with Crippen LogP contribution in [0.4, 0.5) is 0 Å². The molecule has 1 rings (SSSR count). The van der Waals surface area contributed by atoms with Gasteiger partial charge in [-0.3, -0.25) is 0 Å². The molecular formula is C15H19N. The van der Waals surface area contributed by atoms with E-state index < -0.39 is 0 Å². The topological polar surface area (TPSA) is 22.3 Å². The first kappa shape index (κ1) is 12.6. The molecule has 0 fully saturated rings. The Labute approximate surface area is 98.7 Å². The van der Waals surface area contributed by atoms with Gasteiger partial charge in [0, 0.05) is 17.7 Å². The van der Waals surface area contributed by atoms with Gasteiger partial charge >= 0.3 is 0 Å². The van der Waals surface area contributed by atoms with Gasteiger partial charge in [0.25, 0.3) is 0 Å². The predicted molar refractivity (Wildman–Crippen MR) is 70.5 cm³/mol. The Morgan fingerprint density at radius 2 is 1.81 bits per heavy atom. The van der Waals surface area contributed by atoms with E-state index in [0.717, 1.165) is 36.8 Å². The van der Waals surface area contributed by atoms with Crippen molar-refractivity contribution in [3.63, 3.8) is 0 Å².